The van der Waals surface area contributed by atoms with Crippen molar-refractivity contribution in [2.24, 2.45) is 5.73 Å². The van der Waals surface area contributed by atoms with Crippen molar-refractivity contribution in [2.45, 2.75) is 13.5 Å². The number of nitrogens with zero attached hydrogens (tertiary/aromatic N) is 2. The molecule has 0 aliphatic rings. The van der Waals surface area contributed by atoms with Gasteiger partial charge in [0.05, 0.1) is 0 Å². The van der Waals surface area contributed by atoms with Crippen LogP contribution in [0.5, 0.6) is 0 Å². The molecule has 0 fully saturated rings. The molecule has 0 bridgehead atoms. The maximum Gasteiger partial charge on any atom is 0.156 e. The van der Waals surface area contributed by atoms with Crippen LogP contribution in [0.15, 0.2) is 0 Å². The van der Waals surface area contributed by atoms with Crippen molar-refractivity contribution >= 4 is 35.6 Å². The SMILES string of the molecule is Cc1c(Cl)nnc(Cl)c1CN.Cl. The third-order valence-electron chi connectivity index (χ3n) is 1.44. The van der Waals surface area contributed by atoms with Crippen LogP contribution in [0.1, 0.15) is 11.1 Å². The number of halogens is 3. The van der Waals surface area contributed by atoms with Gasteiger partial charge in [-0.25, -0.2) is 0 Å². The molecule has 0 aromatic carbocycles. The first kappa shape index (κ1) is 11.9. The first-order valence-electron chi connectivity index (χ1n) is 3.04. The van der Waals surface area contributed by atoms with E-state index in [4.69, 9.17) is 28.9 Å². The highest BCUT2D eigenvalue weighted by Gasteiger charge is 2.07. The van der Waals surface area contributed by atoms with Crippen LogP contribution in [0.25, 0.3) is 0 Å². The van der Waals surface area contributed by atoms with Crippen LogP contribution in [0, 0.1) is 6.92 Å². The van der Waals surface area contributed by atoms with Crippen LogP contribution < -0.4 is 5.73 Å². The van der Waals surface area contributed by atoms with Gasteiger partial charge in [0.25, 0.3) is 0 Å². The zero-order chi connectivity index (χ0) is 8.43. The monoisotopic (exact) mass is 227 g/mol. The van der Waals surface area contributed by atoms with Crippen LogP contribution in [0.3, 0.4) is 0 Å². The highest BCUT2D eigenvalue weighted by Crippen LogP contribution is 2.20. The van der Waals surface area contributed by atoms with Crippen molar-refractivity contribution in [1.82, 2.24) is 10.2 Å². The van der Waals surface area contributed by atoms with E-state index in [1.807, 2.05) is 6.92 Å². The molecule has 1 rings (SSSR count). The van der Waals surface area contributed by atoms with Gasteiger partial charge in [0.1, 0.15) is 0 Å². The molecule has 0 saturated carbocycles. The fraction of sp³-hybridized carbons (Fsp3) is 0.333. The van der Waals surface area contributed by atoms with Crippen molar-refractivity contribution in [3.05, 3.63) is 21.4 Å². The molecule has 0 amide bonds. The van der Waals surface area contributed by atoms with E-state index < -0.39 is 0 Å². The van der Waals surface area contributed by atoms with Crippen molar-refractivity contribution in [3.63, 3.8) is 0 Å². The first-order valence-corrected chi connectivity index (χ1v) is 3.79. The Morgan fingerprint density at radius 3 is 2.17 bits per heavy atom. The van der Waals surface area contributed by atoms with Gasteiger partial charge in [-0.05, 0) is 12.5 Å². The second kappa shape index (κ2) is 4.82. The lowest BCUT2D eigenvalue weighted by molar-refractivity contribution is 0.945. The minimum absolute atomic E-state index is 0. The summed E-state index contributed by atoms with van der Waals surface area (Å²) < 4.78 is 0. The minimum atomic E-state index is 0. The molecule has 0 spiro atoms. The van der Waals surface area contributed by atoms with E-state index in [0.717, 1.165) is 11.1 Å². The largest absolute Gasteiger partial charge is 0.326 e. The zero-order valence-corrected chi connectivity index (χ0v) is 8.67. The molecule has 1 aromatic heterocycles. The number of hydrogen-bond donors (Lipinski definition) is 1. The van der Waals surface area contributed by atoms with Crippen LogP contribution >= 0.6 is 35.6 Å². The molecule has 0 saturated heterocycles. The van der Waals surface area contributed by atoms with Crippen LogP contribution in [-0.2, 0) is 6.54 Å². The van der Waals surface area contributed by atoms with Crippen LogP contribution in [0.2, 0.25) is 10.3 Å². The third kappa shape index (κ3) is 2.20. The van der Waals surface area contributed by atoms with Crippen LogP contribution in [-0.4, -0.2) is 10.2 Å². The van der Waals surface area contributed by atoms with E-state index >= 15 is 0 Å². The van der Waals surface area contributed by atoms with Gasteiger partial charge >= 0.3 is 0 Å². The lowest BCUT2D eigenvalue weighted by atomic mass is 10.2. The molecule has 3 nitrogen and oxygen atoms in total. The summed E-state index contributed by atoms with van der Waals surface area (Å²) in [6.07, 6.45) is 0. The standard InChI is InChI=1S/C6H7Cl2N3.ClH/c1-3-4(2-9)6(8)11-10-5(3)7;/h2,9H2,1H3;1H. The van der Waals surface area contributed by atoms with Gasteiger partial charge in [0.2, 0.25) is 0 Å². The molecule has 0 unspecified atom stereocenters. The highest BCUT2D eigenvalue weighted by molar-refractivity contribution is 6.32. The first-order chi connectivity index (χ1) is 5.16. The van der Waals surface area contributed by atoms with E-state index in [1.54, 1.807) is 0 Å². The zero-order valence-electron chi connectivity index (χ0n) is 6.34. The van der Waals surface area contributed by atoms with Gasteiger partial charge < -0.3 is 5.73 Å². The second-order valence-corrected chi connectivity index (χ2v) is 2.81. The Balaban J connectivity index is 0.00000121. The van der Waals surface area contributed by atoms with Gasteiger partial charge in [-0.15, -0.1) is 22.6 Å². The summed E-state index contributed by atoms with van der Waals surface area (Å²) in [5.41, 5.74) is 6.97. The molecule has 6 heteroatoms. The van der Waals surface area contributed by atoms with E-state index in [9.17, 15) is 0 Å². The Morgan fingerprint density at radius 2 is 1.75 bits per heavy atom. The van der Waals surface area contributed by atoms with Crippen molar-refractivity contribution in [2.75, 3.05) is 0 Å². The summed E-state index contributed by atoms with van der Waals surface area (Å²) in [5.74, 6) is 0. The Hall–Kier alpha value is -0.0900. The maximum atomic E-state index is 5.69. The van der Waals surface area contributed by atoms with Gasteiger partial charge in [-0.2, -0.15) is 0 Å². The number of aromatic nitrogens is 2. The Bertz CT molecular complexity index is 277. The number of hydrogen-bond acceptors (Lipinski definition) is 3. The summed E-state index contributed by atoms with van der Waals surface area (Å²) in [6, 6.07) is 0. The van der Waals surface area contributed by atoms with E-state index in [-0.39, 0.29) is 12.4 Å². The lowest BCUT2D eigenvalue weighted by Gasteiger charge is -2.03. The molecule has 68 valence electrons. The highest BCUT2D eigenvalue weighted by atomic mass is 35.5. The van der Waals surface area contributed by atoms with Crippen LogP contribution in [0.4, 0.5) is 0 Å². The average molecular weight is 229 g/mol. The molecule has 0 atom stereocenters. The van der Waals surface area contributed by atoms with Crippen molar-refractivity contribution < 1.29 is 0 Å². The molecule has 2 N–H and O–H groups in total. The Morgan fingerprint density at radius 1 is 1.25 bits per heavy atom. The summed E-state index contributed by atoms with van der Waals surface area (Å²) >= 11 is 11.4. The third-order valence-corrected chi connectivity index (χ3v) is 2.10. The van der Waals surface area contributed by atoms with E-state index in [0.29, 0.717) is 16.9 Å². The summed E-state index contributed by atoms with van der Waals surface area (Å²) in [6.45, 7) is 2.14. The average Bonchev–Trinajstić information content (AvgIpc) is 1.99. The molecule has 0 aliphatic carbocycles. The van der Waals surface area contributed by atoms with Crippen molar-refractivity contribution in [1.29, 1.82) is 0 Å². The molecule has 0 aliphatic heterocycles. The number of nitrogens with two attached hydrogens (primary N) is 1. The van der Waals surface area contributed by atoms with Gasteiger partial charge in [0.15, 0.2) is 10.3 Å². The molecular formula is C6H8Cl3N3. The molecule has 12 heavy (non-hydrogen) atoms. The normalized spacial score (nSPS) is 9.33. The minimum Gasteiger partial charge on any atom is -0.326 e. The Kier molecular flexibility index (Phi) is 4.78. The van der Waals surface area contributed by atoms with Gasteiger partial charge in [0, 0.05) is 12.1 Å². The maximum absolute atomic E-state index is 5.69. The topological polar surface area (TPSA) is 51.8 Å². The predicted molar refractivity (Wildman–Crippen MR) is 51.9 cm³/mol. The second-order valence-electron chi connectivity index (χ2n) is 2.09. The van der Waals surface area contributed by atoms with E-state index in [1.165, 1.54) is 0 Å². The van der Waals surface area contributed by atoms with Gasteiger partial charge in [-0.1, -0.05) is 23.2 Å². The number of rotatable bonds is 1. The molecule has 1 aromatic rings. The van der Waals surface area contributed by atoms with E-state index in [2.05, 4.69) is 10.2 Å². The molecular weight excluding hydrogens is 220 g/mol. The fourth-order valence-electron chi connectivity index (χ4n) is 0.740. The smallest absolute Gasteiger partial charge is 0.156 e. The molecule has 1 heterocycles. The summed E-state index contributed by atoms with van der Waals surface area (Å²) in [5, 5.41) is 7.91. The fourth-order valence-corrected chi connectivity index (χ4v) is 1.15. The van der Waals surface area contributed by atoms with Crippen molar-refractivity contribution in [3.8, 4) is 0 Å². The summed E-state index contributed by atoms with van der Waals surface area (Å²) in [7, 11) is 0. The Labute approximate surface area is 86.7 Å². The quantitative estimate of drug-likeness (QED) is 0.799. The summed E-state index contributed by atoms with van der Waals surface area (Å²) in [4.78, 5) is 0. The predicted octanol–water partition coefficient (Wildman–Crippen LogP) is 1.97. The van der Waals surface area contributed by atoms with Gasteiger partial charge in [-0.3, -0.25) is 0 Å². The molecule has 0 radical (unpaired) electrons. The lowest BCUT2D eigenvalue weighted by Crippen LogP contribution is -2.03.